The zero-order chi connectivity index (χ0) is 22.5. The van der Waals surface area contributed by atoms with Crippen molar-refractivity contribution in [1.82, 2.24) is 14.8 Å². The quantitative estimate of drug-likeness (QED) is 0.417. The maximum atomic E-state index is 9.79. The molecule has 0 saturated heterocycles. The summed E-state index contributed by atoms with van der Waals surface area (Å²) in [5.74, 6) is 2.69. The highest BCUT2D eigenvalue weighted by atomic mass is 35.5. The van der Waals surface area contributed by atoms with E-state index in [1.807, 2.05) is 24.3 Å². The largest absolute Gasteiger partial charge is 0.493 e. The highest BCUT2D eigenvalue weighted by Crippen LogP contribution is 2.31. The van der Waals surface area contributed by atoms with Crippen molar-refractivity contribution in [3.05, 3.63) is 69.2 Å². The predicted molar refractivity (Wildman–Crippen MR) is 125 cm³/mol. The van der Waals surface area contributed by atoms with Crippen molar-refractivity contribution >= 4 is 34.9 Å². The Morgan fingerprint density at radius 1 is 1.12 bits per heavy atom. The lowest BCUT2D eigenvalue weighted by atomic mass is 10.1. The number of aromatic nitrogens is 3. The molecule has 1 aliphatic rings. The second-order valence-electron chi connectivity index (χ2n) is 7.51. The van der Waals surface area contributed by atoms with E-state index in [0.29, 0.717) is 32.9 Å². The molecule has 0 bridgehead atoms. The van der Waals surface area contributed by atoms with Crippen molar-refractivity contribution in [1.29, 1.82) is 5.26 Å². The molecule has 0 spiro atoms. The van der Waals surface area contributed by atoms with Gasteiger partial charge in [-0.3, -0.25) is 0 Å². The van der Waals surface area contributed by atoms with Crippen LogP contribution in [-0.2, 0) is 19.6 Å². The molecule has 0 fully saturated rings. The molecule has 3 aromatic rings. The molecule has 164 valence electrons. The Morgan fingerprint density at radius 2 is 2.00 bits per heavy atom. The van der Waals surface area contributed by atoms with E-state index in [4.69, 9.17) is 32.7 Å². The Labute approximate surface area is 197 Å². The maximum absolute atomic E-state index is 9.79. The summed E-state index contributed by atoms with van der Waals surface area (Å²) in [5, 5.41) is 19.5. The standard InChI is InChI=1S/C24H22Cl2N4O2/c1-31-22-12-16(6-9-21(22)32-15-17-7-8-19(25)13-20(17)26)11-18(14-27)24-29-28-23-5-3-2-4-10-30(23)24/h6-9,11-13H,2-5,10,15H2,1H3/b18-11+. The van der Waals surface area contributed by atoms with Gasteiger partial charge in [-0.25, -0.2) is 0 Å². The number of aryl methyl sites for hydroxylation is 1. The Kier molecular flexibility index (Phi) is 6.99. The van der Waals surface area contributed by atoms with Gasteiger partial charge < -0.3 is 14.0 Å². The number of ether oxygens (including phenoxy) is 2. The van der Waals surface area contributed by atoms with E-state index in [9.17, 15) is 5.26 Å². The normalized spacial score (nSPS) is 13.8. The molecule has 0 amide bonds. The molecule has 4 rings (SSSR count). The number of halogens is 2. The monoisotopic (exact) mass is 468 g/mol. The first-order valence-electron chi connectivity index (χ1n) is 10.4. The van der Waals surface area contributed by atoms with E-state index >= 15 is 0 Å². The molecule has 0 saturated carbocycles. The van der Waals surface area contributed by atoms with Gasteiger partial charge in [0.2, 0.25) is 0 Å². The van der Waals surface area contributed by atoms with Gasteiger partial charge in [-0.2, -0.15) is 5.26 Å². The summed E-state index contributed by atoms with van der Waals surface area (Å²) in [7, 11) is 1.58. The molecule has 2 heterocycles. The summed E-state index contributed by atoms with van der Waals surface area (Å²) < 4.78 is 13.5. The Morgan fingerprint density at radius 3 is 2.78 bits per heavy atom. The van der Waals surface area contributed by atoms with Gasteiger partial charge in [-0.05, 0) is 48.7 Å². The van der Waals surface area contributed by atoms with Gasteiger partial charge in [0.1, 0.15) is 18.5 Å². The van der Waals surface area contributed by atoms with E-state index < -0.39 is 0 Å². The van der Waals surface area contributed by atoms with Crippen LogP contribution in [0.5, 0.6) is 11.5 Å². The fourth-order valence-electron chi connectivity index (χ4n) is 3.69. The molecular formula is C24H22Cl2N4O2. The summed E-state index contributed by atoms with van der Waals surface area (Å²) >= 11 is 12.2. The molecule has 6 nitrogen and oxygen atoms in total. The Bertz CT molecular complexity index is 1200. The lowest BCUT2D eigenvalue weighted by molar-refractivity contribution is 0.284. The molecule has 0 unspecified atom stereocenters. The summed E-state index contributed by atoms with van der Waals surface area (Å²) in [5.41, 5.74) is 2.09. The molecule has 1 aliphatic heterocycles. The van der Waals surface area contributed by atoms with E-state index in [2.05, 4.69) is 20.8 Å². The van der Waals surface area contributed by atoms with E-state index in [0.717, 1.165) is 49.2 Å². The first kappa shape index (κ1) is 22.2. The fourth-order valence-corrected chi connectivity index (χ4v) is 4.15. The molecule has 0 radical (unpaired) electrons. The molecule has 0 atom stereocenters. The van der Waals surface area contributed by atoms with Gasteiger partial charge in [0.15, 0.2) is 17.3 Å². The number of fused-ring (bicyclic) bond motifs is 1. The topological polar surface area (TPSA) is 73.0 Å². The van der Waals surface area contributed by atoms with Crippen LogP contribution in [-0.4, -0.2) is 21.9 Å². The van der Waals surface area contributed by atoms with E-state index in [1.54, 1.807) is 25.3 Å². The molecule has 0 N–H and O–H groups in total. The summed E-state index contributed by atoms with van der Waals surface area (Å²) in [4.78, 5) is 0. The number of nitrogens with zero attached hydrogens (tertiary/aromatic N) is 4. The first-order chi connectivity index (χ1) is 15.6. The summed E-state index contributed by atoms with van der Waals surface area (Å²) in [6, 6.07) is 13.1. The van der Waals surface area contributed by atoms with Crippen LogP contribution < -0.4 is 9.47 Å². The number of rotatable bonds is 6. The molecule has 1 aromatic heterocycles. The van der Waals surface area contributed by atoms with Gasteiger partial charge in [0.05, 0.1) is 12.7 Å². The van der Waals surface area contributed by atoms with Crippen molar-refractivity contribution in [3.8, 4) is 17.6 Å². The van der Waals surface area contributed by atoms with Crippen molar-refractivity contribution in [2.75, 3.05) is 7.11 Å². The van der Waals surface area contributed by atoms with Crippen LogP contribution in [0.15, 0.2) is 36.4 Å². The smallest absolute Gasteiger partial charge is 0.174 e. The minimum absolute atomic E-state index is 0.275. The zero-order valence-electron chi connectivity index (χ0n) is 17.6. The highest BCUT2D eigenvalue weighted by molar-refractivity contribution is 6.35. The van der Waals surface area contributed by atoms with Gasteiger partial charge in [-0.1, -0.05) is 41.8 Å². The van der Waals surface area contributed by atoms with Crippen LogP contribution in [0.4, 0.5) is 0 Å². The van der Waals surface area contributed by atoms with E-state index in [1.165, 1.54) is 0 Å². The first-order valence-corrected chi connectivity index (χ1v) is 11.1. The molecule has 0 aliphatic carbocycles. The van der Waals surface area contributed by atoms with Crippen LogP contribution in [0.2, 0.25) is 10.0 Å². The lowest BCUT2D eigenvalue weighted by Crippen LogP contribution is -2.05. The van der Waals surface area contributed by atoms with Crippen LogP contribution in [0.1, 0.15) is 42.0 Å². The molecule has 8 heteroatoms. The second kappa shape index (κ2) is 10.1. The Hall–Kier alpha value is -3.01. The third-order valence-electron chi connectivity index (χ3n) is 5.37. The number of allylic oxidation sites excluding steroid dienone is 1. The number of nitriles is 1. The second-order valence-corrected chi connectivity index (χ2v) is 8.35. The number of hydrogen-bond donors (Lipinski definition) is 0. The van der Waals surface area contributed by atoms with Gasteiger partial charge >= 0.3 is 0 Å². The average Bonchev–Trinajstić information content (AvgIpc) is 3.04. The molecule has 2 aromatic carbocycles. The average molecular weight is 469 g/mol. The minimum Gasteiger partial charge on any atom is -0.493 e. The number of methoxy groups -OCH3 is 1. The van der Waals surface area contributed by atoms with Gasteiger partial charge in [0.25, 0.3) is 0 Å². The zero-order valence-corrected chi connectivity index (χ0v) is 19.2. The molecular weight excluding hydrogens is 447 g/mol. The van der Waals surface area contributed by atoms with Crippen LogP contribution in [0, 0.1) is 11.3 Å². The van der Waals surface area contributed by atoms with Crippen molar-refractivity contribution in [2.24, 2.45) is 0 Å². The van der Waals surface area contributed by atoms with Gasteiger partial charge in [-0.15, -0.1) is 10.2 Å². The Balaban J connectivity index is 1.57. The predicted octanol–water partition coefficient (Wildman–Crippen LogP) is 5.96. The van der Waals surface area contributed by atoms with Crippen LogP contribution >= 0.6 is 23.2 Å². The van der Waals surface area contributed by atoms with Crippen molar-refractivity contribution in [3.63, 3.8) is 0 Å². The van der Waals surface area contributed by atoms with Crippen molar-refractivity contribution < 1.29 is 9.47 Å². The highest BCUT2D eigenvalue weighted by Gasteiger charge is 2.18. The van der Waals surface area contributed by atoms with Crippen LogP contribution in [0.25, 0.3) is 11.6 Å². The van der Waals surface area contributed by atoms with Crippen LogP contribution in [0.3, 0.4) is 0 Å². The molecule has 32 heavy (non-hydrogen) atoms. The minimum atomic E-state index is 0.275. The fraction of sp³-hybridized carbons (Fsp3) is 0.292. The summed E-state index contributed by atoms with van der Waals surface area (Å²) in [6.07, 6.45) is 6.01. The van der Waals surface area contributed by atoms with E-state index in [-0.39, 0.29) is 6.61 Å². The third-order valence-corrected chi connectivity index (χ3v) is 5.95. The summed E-state index contributed by atoms with van der Waals surface area (Å²) in [6.45, 7) is 1.11. The number of benzene rings is 2. The van der Waals surface area contributed by atoms with Crippen molar-refractivity contribution in [2.45, 2.75) is 38.8 Å². The van der Waals surface area contributed by atoms with Gasteiger partial charge in [0, 0.05) is 28.6 Å². The lowest BCUT2D eigenvalue weighted by Gasteiger charge is -2.12. The number of hydrogen-bond acceptors (Lipinski definition) is 5. The maximum Gasteiger partial charge on any atom is 0.174 e. The third kappa shape index (κ3) is 4.90. The SMILES string of the molecule is COc1cc(/C=C(\C#N)c2nnc3n2CCCCC3)ccc1OCc1ccc(Cl)cc1Cl.